The first-order valence-corrected chi connectivity index (χ1v) is 8.60. The van der Waals surface area contributed by atoms with E-state index in [4.69, 9.17) is 4.74 Å². The minimum atomic E-state index is -0.861. The topological polar surface area (TPSA) is 124 Å². The maximum atomic E-state index is 12.8. The molecule has 3 heterocycles. The predicted octanol–water partition coefficient (Wildman–Crippen LogP) is -1.19. The molecule has 3 atom stereocenters. The zero-order valence-corrected chi connectivity index (χ0v) is 14.8. The van der Waals surface area contributed by atoms with Crippen molar-refractivity contribution >= 4 is 0 Å². The van der Waals surface area contributed by atoms with Crippen LogP contribution in [-0.4, -0.2) is 53.2 Å². The first-order chi connectivity index (χ1) is 12.4. The van der Waals surface area contributed by atoms with Crippen LogP contribution >= 0.6 is 0 Å². The second kappa shape index (κ2) is 7.52. The van der Waals surface area contributed by atoms with Gasteiger partial charge < -0.3 is 14.9 Å². The van der Waals surface area contributed by atoms with Gasteiger partial charge in [0.2, 0.25) is 0 Å². The largest absolute Gasteiger partial charge is 0.394 e. The Morgan fingerprint density at radius 2 is 2.08 bits per heavy atom. The van der Waals surface area contributed by atoms with Crippen molar-refractivity contribution in [1.82, 2.24) is 24.1 Å². The van der Waals surface area contributed by atoms with Crippen LogP contribution in [0.2, 0.25) is 0 Å². The number of aryl methyl sites for hydroxylation is 3. The maximum Gasteiger partial charge on any atom is 0.333 e. The van der Waals surface area contributed by atoms with Gasteiger partial charge in [-0.05, 0) is 13.3 Å². The van der Waals surface area contributed by atoms with Crippen LogP contribution in [0.15, 0.2) is 22.0 Å². The quantitative estimate of drug-likeness (QED) is 0.660. The lowest BCUT2D eigenvalue weighted by atomic mass is 10.2. The molecule has 0 bridgehead atoms. The average Bonchev–Trinajstić information content (AvgIpc) is 3.24. The van der Waals surface area contributed by atoms with E-state index in [-0.39, 0.29) is 25.1 Å². The molecule has 26 heavy (non-hydrogen) atoms. The van der Waals surface area contributed by atoms with E-state index in [1.807, 2.05) is 6.92 Å². The Hall–Kier alpha value is -2.30. The lowest BCUT2D eigenvalue weighted by Crippen LogP contribution is -2.42. The summed E-state index contributed by atoms with van der Waals surface area (Å²) in [4.78, 5) is 25.2. The van der Waals surface area contributed by atoms with Gasteiger partial charge in [0.1, 0.15) is 12.3 Å². The van der Waals surface area contributed by atoms with Crippen LogP contribution in [0.3, 0.4) is 0 Å². The number of aliphatic hydroxyl groups is 2. The Kier molecular flexibility index (Phi) is 5.35. The second-order valence-corrected chi connectivity index (χ2v) is 6.40. The van der Waals surface area contributed by atoms with E-state index < -0.39 is 24.1 Å². The van der Waals surface area contributed by atoms with Crippen LogP contribution in [0.1, 0.15) is 30.8 Å². The molecule has 10 heteroatoms. The van der Waals surface area contributed by atoms with Gasteiger partial charge >= 0.3 is 5.69 Å². The highest BCUT2D eigenvalue weighted by atomic mass is 16.5. The standard InChI is InChI=1S/C16H23N5O5/c1-3-11-8-19(18-17-11)4-5-20-15(24)10(2)7-21(16(20)25)14-6-12(23)13(9-22)26-14/h7-8,12-14,22-23H,3-6,9H2,1-2H3/t12?,13-,14-/m1/s1. The Labute approximate surface area is 149 Å². The van der Waals surface area contributed by atoms with Crippen LogP contribution in [0.25, 0.3) is 0 Å². The minimum absolute atomic E-state index is 0.143. The van der Waals surface area contributed by atoms with Crippen molar-refractivity contribution in [3.05, 3.63) is 44.5 Å². The third-order valence-corrected chi connectivity index (χ3v) is 4.56. The number of aliphatic hydroxyl groups excluding tert-OH is 2. The van der Waals surface area contributed by atoms with Gasteiger partial charge in [-0.2, -0.15) is 0 Å². The molecule has 0 radical (unpaired) electrons. The summed E-state index contributed by atoms with van der Waals surface area (Å²) >= 11 is 0. The van der Waals surface area contributed by atoms with E-state index in [1.165, 1.54) is 10.8 Å². The lowest BCUT2D eigenvalue weighted by Gasteiger charge is -2.17. The van der Waals surface area contributed by atoms with Crippen molar-refractivity contribution in [2.24, 2.45) is 0 Å². The molecule has 0 aliphatic carbocycles. The maximum absolute atomic E-state index is 12.8. The molecular formula is C16H23N5O5. The smallest absolute Gasteiger partial charge is 0.333 e. The monoisotopic (exact) mass is 365 g/mol. The number of hydrogen-bond acceptors (Lipinski definition) is 7. The molecule has 2 aromatic rings. The Bertz CT molecular complexity index is 886. The zero-order valence-electron chi connectivity index (χ0n) is 14.8. The molecule has 1 unspecified atom stereocenters. The first-order valence-electron chi connectivity index (χ1n) is 8.60. The Balaban J connectivity index is 1.87. The zero-order chi connectivity index (χ0) is 18.8. The van der Waals surface area contributed by atoms with Crippen molar-refractivity contribution in [3.8, 4) is 0 Å². The molecule has 1 saturated heterocycles. The molecule has 0 spiro atoms. The Morgan fingerprint density at radius 3 is 2.69 bits per heavy atom. The molecule has 0 aromatic carbocycles. The summed E-state index contributed by atoms with van der Waals surface area (Å²) in [5.74, 6) is 0. The average molecular weight is 365 g/mol. The fourth-order valence-electron chi connectivity index (χ4n) is 3.02. The van der Waals surface area contributed by atoms with E-state index in [2.05, 4.69) is 10.3 Å². The summed E-state index contributed by atoms with van der Waals surface area (Å²) in [5, 5.41) is 27.1. The molecule has 2 N–H and O–H groups in total. The highest BCUT2D eigenvalue weighted by Crippen LogP contribution is 2.27. The van der Waals surface area contributed by atoms with Gasteiger partial charge in [-0.3, -0.25) is 18.6 Å². The van der Waals surface area contributed by atoms with Gasteiger partial charge in [-0.15, -0.1) is 5.10 Å². The van der Waals surface area contributed by atoms with Crippen molar-refractivity contribution < 1.29 is 14.9 Å². The molecular weight excluding hydrogens is 342 g/mol. The third kappa shape index (κ3) is 3.48. The first kappa shape index (κ1) is 18.5. The van der Waals surface area contributed by atoms with Crippen LogP contribution < -0.4 is 11.2 Å². The Morgan fingerprint density at radius 1 is 1.31 bits per heavy atom. The van der Waals surface area contributed by atoms with Crippen LogP contribution in [0.5, 0.6) is 0 Å². The van der Waals surface area contributed by atoms with E-state index in [9.17, 15) is 19.8 Å². The van der Waals surface area contributed by atoms with E-state index in [1.54, 1.807) is 17.8 Å². The second-order valence-electron chi connectivity index (χ2n) is 6.40. The van der Waals surface area contributed by atoms with E-state index >= 15 is 0 Å². The minimum Gasteiger partial charge on any atom is -0.394 e. The van der Waals surface area contributed by atoms with Crippen molar-refractivity contribution in [2.45, 2.75) is 58.2 Å². The van der Waals surface area contributed by atoms with Crippen LogP contribution in [0.4, 0.5) is 0 Å². The third-order valence-electron chi connectivity index (χ3n) is 4.56. The highest BCUT2D eigenvalue weighted by molar-refractivity contribution is 5.04. The van der Waals surface area contributed by atoms with Gasteiger partial charge in [0.25, 0.3) is 5.56 Å². The number of hydrogen-bond donors (Lipinski definition) is 2. The summed E-state index contributed by atoms with van der Waals surface area (Å²) in [6, 6.07) is 0. The number of aromatic nitrogens is 5. The number of ether oxygens (including phenoxy) is 1. The molecule has 0 saturated carbocycles. The number of rotatable bonds is 6. The summed E-state index contributed by atoms with van der Waals surface area (Å²) in [5.41, 5.74) is 0.330. The normalized spacial score (nSPS) is 22.8. The number of nitrogens with zero attached hydrogens (tertiary/aromatic N) is 5. The molecule has 10 nitrogen and oxygen atoms in total. The van der Waals surface area contributed by atoms with E-state index in [0.29, 0.717) is 12.1 Å². The fourth-order valence-corrected chi connectivity index (χ4v) is 3.02. The molecule has 142 valence electrons. The fraction of sp³-hybridized carbons (Fsp3) is 0.625. The van der Waals surface area contributed by atoms with Crippen molar-refractivity contribution in [3.63, 3.8) is 0 Å². The lowest BCUT2D eigenvalue weighted by molar-refractivity contribution is -0.0464. The van der Waals surface area contributed by atoms with Gasteiger partial charge in [0.15, 0.2) is 0 Å². The summed E-state index contributed by atoms with van der Waals surface area (Å²) < 4.78 is 9.56. The SMILES string of the molecule is CCc1cn(CCn2c(=O)c(C)cn([C@H]3CC(O)[C@@H](CO)O3)c2=O)nn1. The molecule has 1 fully saturated rings. The summed E-state index contributed by atoms with van der Waals surface area (Å²) in [7, 11) is 0. The van der Waals surface area contributed by atoms with Crippen LogP contribution in [0, 0.1) is 6.92 Å². The van der Waals surface area contributed by atoms with Crippen LogP contribution in [-0.2, 0) is 24.2 Å². The predicted molar refractivity (Wildman–Crippen MR) is 90.7 cm³/mol. The van der Waals surface area contributed by atoms with Gasteiger partial charge in [-0.1, -0.05) is 12.1 Å². The van der Waals surface area contributed by atoms with Gasteiger partial charge in [0.05, 0.1) is 31.5 Å². The highest BCUT2D eigenvalue weighted by Gasteiger charge is 2.35. The van der Waals surface area contributed by atoms with Crippen molar-refractivity contribution in [1.29, 1.82) is 0 Å². The summed E-state index contributed by atoms with van der Waals surface area (Å²) in [6.45, 7) is 3.72. The van der Waals surface area contributed by atoms with E-state index in [0.717, 1.165) is 16.7 Å². The molecule has 0 amide bonds. The molecule has 1 aliphatic rings. The molecule has 3 rings (SSSR count). The molecule has 2 aromatic heterocycles. The summed E-state index contributed by atoms with van der Waals surface area (Å²) in [6.07, 6.45) is 1.81. The van der Waals surface area contributed by atoms with Gasteiger partial charge in [-0.25, -0.2) is 4.79 Å². The molecule has 1 aliphatic heterocycles. The van der Waals surface area contributed by atoms with Crippen molar-refractivity contribution in [2.75, 3.05) is 6.61 Å². The van der Waals surface area contributed by atoms with Gasteiger partial charge in [0, 0.05) is 24.4 Å².